The van der Waals surface area contributed by atoms with E-state index in [1.54, 1.807) is 6.92 Å². The van der Waals surface area contributed by atoms with Gasteiger partial charge in [0, 0.05) is 52.8 Å². The Labute approximate surface area is 149 Å². The summed E-state index contributed by atoms with van der Waals surface area (Å²) < 4.78 is 5.50. The Morgan fingerprint density at radius 1 is 1.36 bits per heavy atom. The van der Waals surface area contributed by atoms with Crippen molar-refractivity contribution >= 4 is 35.8 Å². The first-order valence-corrected chi connectivity index (χ1v) is 7.78. The Morgan fingerprint density at radius 2 is 2.09 bits per heavy atom. The molecule has 1 unspecified atom stereocenters. The maximum Gasteiger partial charge on any atom is 0.219 e. The van der Waals surface area contributed by atoms with Crippen LogP contribution in [-0.4, -0.2) is 80.2 Å². The van der Waals surface area contributed by atoms with Crippen molar-refractivity contribution < 1.29 is 9.53 Å². The molecule has 0 bridgehead atoms. The molecule has 7 nitrogen and oxygen atoms in total. The molecule has 0 aromatic carbocycles. The van der Waals surface area contributed by atoms with E-state index in [0.717, 1.165) is 58.7 Å². The van der Waals surface area contributed by atoms with E-state index in [2.05, 4.69) is 15.2 Å². The average molecular weight is 425 g/mol. The Hall–Kier alpha value is -0.610. The Kier molecular flexibility index (Phi) is 9.03. The molecule has 2 heterocycles. The molecule has 0 saturated carbocycles. The van der Waals surface area contributed by atoms with Crippen LogP contribution in [0.2, 0.25) is 0 Å². The van der Waals surface area contributed by atoms with Gasteiger partial charge in [-0.3, -0.25) is 14.7 Å². The second-order valence-electron chi connectivity index (χ2n) is 5.64. The number of halogens is 1. The third kappa shape index (κ3) is 6.66. The molecule has 1 atom stereocenters. The van der Waals surface area contributed by atoms with Crippen LogP contribution >= 0.6 is 24.0 Å². The lowest BCUT2D eigenvalue weighted by Crippen LogP contribution is -2.50. The maximum atomic E-state index is 11.2. The van der Waals surface area contributed by atoms with Crippen molar-refractivity contribution in [1.29, 1.82) is 0 Å². The number of amides is 1. The number of nitrogens with zero attached hydrogens (tertiary/aromatic N) is 3. The molecule has 0 aromatic rings. The zero-order valence-corrected chi connectivity index (χ0v) is 15.6. The predicted molar refractivity (Wildman–Crippen MR) is 97.6 cm³/mol. The van der Waals surface area contributed by atoms with E-state index in [1.807, 2.05) is 4.90 Å². The number of nitrogens with two attached hydrogens (primary N) is 1. The van der Waals surface area contributed by atoms with Gasteiger partial charge in [0.2, 0.25) is 5.91 Å². The summed E-state index contributed by atoms with van der Waals surface area (Å²) in [6.07, 6.45) is 2.45. The van der Waals surface area contributed by atoms with Gasteiger partial charge >= 0.3 is 0 Å². The second-order valence-corrected chi connectivity index (χ2v) is 5.64. The van der Waals surface area contributed by atoms with Crippen molar-refractivity contribution in [2.75, 3.05) is 52.4 Å². The number of piperazine rings is 1. The highest BCUT2D eigenvalue weighted by Gasteiger charge is 2.18. The summed E-state index contributed by atoms with van der Waals surface area (Å²) in [7, 11) is 0. The zero-order valence-electron chi connectivity index (χ0n) is 13.3. The molecular formula is C14H28IN5O2. The summed E-state index contributed by atoms with van der Waals surface area (Å²) in [6.45, 7) is 8.30. The quantitative estimate of drug-likeness (QED) is 0.364. The van der Waals surface area contributed by atoms with Crippen LogP contribution in [0.25, 0.3) is 0 Å². The van der Waals surface area contributed by atoms with Crippen LogP contribution in [0.15, 0.2) is 4.99 Å². The first-order valence-electron chi connectivity index (χ1n) is 7.78. The molecule has 22 heavy (non-hydrogen) atoms. The highest BCUT2D eigenvalue weighted by Crippen LogP contribution is 2.11. The molecule has 0 radical (unpaired) electrons. The molecule has 3 N–H and O–H groups in total. The van der Waals surface area contributed by atoms with Gasteiger partial charge in [0.1, 0.15) is 0 Å². The summed E-state index contributed by atoms with van der Waals surface area (Å²) in [6, 6.07) is 0. The molecule has 2 saturated heterocycles. The van der Waals surface area contributed by atoms with Crippen LogP contribution in [0.3, 0.4) is 0 Å². The number of hydrogen-bond donors (Lipinski definition) is 2. The van der Waals surface area contributed by atoms with Crippen molar-refractivity contribution in [2.24, 2.45) is 10.7 Å². The molecule has 2 rings (SSSR count). The van der Waals surface area contributed by atoms with Gasteiger partial charge in [-0.15, -0.1) is 24.0 Å². The Balaban J connectivity index is 0.00000242. The largest absolute Gasteiger partial charge is 0.376 e. The first kappa shape index (κ1) is 19.4. The van der Waals surface area contributed by atoms with Crippen molar-refractivity contribution in [1.82, 2.24) is 15.1 Å². The van der Waals surface area contributed by atoms with Crippen LogP contribution in [0.5, 0.6) is 0 Å². The van der Waals surface area contributed by atoms with Gasteiger partial charge in [0.25, 0.3) is 0 Å². The SMILES string of the molecule is CC(=O)N1CCN(CCNC(N)=NCC2CCCO2)CC1.I. The van der Waals surface area contributed by atoms with E-state index >= 15 is 0 Å². The third-order valence-corrected chi connectivity index (χ3v) is 4.04. The third-order valence-electron chi connectivity index (χ3n) is 4.04. The van der Waals surface area contributed by atoms with Gasteiger partial charge in [-0.25, -0.2) is 0 Å². The van der Waals surface area contributed by atoms with Gasteiger partial charge in [0.05, 0.1) is 12.6 Å². The lowest BCUT2D eigenvalue weighted by atomic mass is 10.2. The van der Waals surface area contributed by atoms with E-state index in [9.17, 15) is 4.79 Å². The first-order chi connectivity index (χ1) is 10.1. The summed E-state index contributed by atoms with van der Waals surface area (Å²) in [5.74, 6) is 0.658. The summed E-state index contributed by atoms with van der Waals surface area (Å²) in [5.41, 5.74) is 5.84. The van der Waals surface area contributed by atoms with Gasteiger partial charge < -0.3 is 20.7 Å². The normalized spacial score (nSPS) is 23.2. The number of ether oxygens (including phenoxy) is 1. The predicted octanol–water partition coefficient (Wildman–Crippen LogP) is -0.148. The van der Waals surface area contributed by atoms with Crippen molar-refractivity contribution in [3.05, 3.63) is 0 Å². The Morgan fingerprint density at radius 3 is 2.68 bits per heavy atom. The highest BCUT2D eigenvalue weighted by atomic mass is 127. The van der Waals surface area contributed by atoms with Crippen LogP contribution in [-0.2, 0) is 9.53 Å². The second kappa shape index (κ2) is 10.2. The number of carbonyl (C=O) groups is 1. The molecule has 2 fully saturated rings. The van der Waals surface area contributed by atoms with Crippen molar-refractivity contribution in [3.8, 4) is 0 Å². The summed E-state index contributed by atoms with van der Waals surface area (Å²) in [4.78, 5) is 19.8. The van der Waals surface area contributed by atoms with Gasteiger partial charge in [-0.2, -0.15) is 0 Å². The number of guanidine groups is 1. The van der Waals surface area contributed by atoms with E-state index in [4.69, 9.17) is 10.5 Å². The van der Waals surface area contributed by atoms with Crippen molar-refractivity contribution in [3.63, 3.8) is 0 Å². The fraction of sp³-hybridized carbons (Fsp3) is 0.857. The van der Waals surface area contributed by atoms with E-state index in [1.165, 1.54) is 0 Å². The van der Waals surface area contributed by atoms with Crippen LogP contribution in [0, 0.1) is 0 Å². The van der Waals surface area contributed by atoms with Crippen molar-refractivity contribution in [2.45, 2.75) is 25.9 Å². The van der Waals surface area contributed by atoms with E-state index in [-0.39, 0.29) is 36.0 Å². The average Bonchev–Trinajstić information content (AvgIpc) is 2.99. The van der Waals surface area contributed by atoms with Gasteiger partial charge in [-0.1, -0.05) is 0 Å². The van der Waals surface area contributed by atoms with E-state index in [0.29, 0.717) is 12.5 Å². The molecule has 0 aromatic heterocycles. The number of nitrogens with one attached hydrogen (secondary N) is 1. The fourth-order valence-corrected chi connectivity index (χ4v) is 2.67. The van der Waals surface area contributed by atoms with Gasteiger partial charge in [-0.05, 0) is 12.8 Å². The van der Waals surface area contributed by atoms with E-state index < -0.39 is 0 Å². The molecule has 2 aliphatic heterocycles. The standard InChI is InChI=1S/C14H27N5O2.HI/c1-12(20)19-8-6-18(7-9-19)5-4-16-14(15)17-11-13-3-2-10-21-13;/h13H,2-11H2,1H3,(H3,15,16,17);1H. The molecular weight excluding hydrogens is 397 g/mol. The minimum absolute atomic E-state index is 0. The number of aliphatic imine (C=N–C) groups is 1. The molecule has 0 aliphatic carbocycles. The number of rotatable bonds is 5. The smallest absolute Gasteiger partial charge is 0.219 e. The van der Waals surface area contributed by atoms with Crippen LogP contribution < -0.4 is 11.1 Å². The fourth-order valence-electron chi connectivity index (χ4n) is 2.67. The lowest BCUT2D eigenvalue weighted by molar-refractivity contribution is -0.130. The minimum atomic E-state index is 0. The topological polar surface area (TPSA) is 83.2 Å². The zero-order chi connectivity index (χ0) is 15.1. The summed E-state index contributed by atoms with van der Waals surface area (Å²) in [5, 5.41) is 3.14. The summed E-state index contributed by atoms with van der Waals surface area (Å²) >= 11 is 0. The molecule has 2 aliphatic rings. The molecule has 0 spiro atoms. The highest BCUT2D eigenvalue weighted by molar-refractivity contribution is 14.0. The Bertz CT molecular complexity index is 366. The minimum Gasteiger partial charge on any atom is -0.376 e. The van der Waals surface area contributed by atoms with Crippen LogP contribution in [0.4, 0.5) is 0 Å². The molecule has 1 amide bonds. The monoisotopic (exact) mass is 425 g/mol. The lowest BCUT2D eigenvalue weighted by Gasteiger charge is -2.34. The maximum absolute atomic E-state index is 11.2. The molecule has 8 heteroatoms. The molecule has 128 valence electrons. The number of carbonyl (C=O) groups excluding carboxylic acids is 1. The number of hydrogen-bond acceptors (Lipinski definition) is 4. The van der Waals surface area contributed by atoms with Gasteiger partial charge in [0.15, 0.2) is 5.96 Å². The van der Waals surface area contributed by atoms with Crippen LogP contribution in [0.1, 0.15) is 19.8 Å².